The lowest BCUT2D eigenvalue weighted by atomic mass is 9.96. The molecule has 1 aliphatic heterocycles. The number of rotatable bonds is 5. The number of ether oxygens (including phenoxy) is 1. The van der Waals surface area contributed by atoms with Gasteiger partial charge in [-0.1, -0.05) is 29.5 Å². The van der Waals surface area contributed by atoms with Gasteiger partial charge in [0.05, 0.1) is 10.2 Å². The number of nitrogens with zero attached hydrogens (tertiary/aromatic N) is 2. The van der Waals surface area contributed by atoms with Crippen molar-refractivity contribution in [3.05, 3.63) is 78.6 Å². The van der Waals surface area contributed by atoms with Crippen molar-refractivity contribution < 1.29 is 13.9 Å². The maximum atomic E-state index is 13.4. The molecule has 7 heteroatoms. The molecule has 2 heterocycles. The molecule has 0 unspecified atom stereocenters. The van der Waals surface area contributed by atoms with Crippen LogP contribution in [0.15, 0.2) is 72.8 Å². The van der Waals surface area contributed by atoms with Gasteiger partial charge < -0.3 is 15.0 Å². The minimum atomic E-state index is -0.247. The van der Waals surface area contributed by atoms with Crippen molar-refractivity contribution in [3.8, 4) is 11.5 Å². The maximum absolute atomic E-state index is 13.4. The van der Waals surface area contributed by atoms with Gasteiger partial charge in [-0.15, -0.1) is 0 Å². The Balaban J connectivity index is 1.15. The van der Waals surface area contributed by atoms with Gasteiger partial charge in [-0.25, -0.2) is 9.37 Å². The highest BCUT2D eigenvalue weighted by molar-refractivity contribution is 7.22. The highest BCUT2D eigenvalue weighted by Gasteiger charge is 2.26. The molecule has 1 aromatic heterocycles. The molecule has 1 aliphatic rings. The number of halogens is 1. The Morgan fingerprint density at radius 1 is 1.00 bits per heavy atom. The van der Waals surface area contributed by atoms with E-state index < -0.39 is 0 Å². The van der Waals surface area contributed by atoms with Crippen LogP contribution in [-0.4, -0.2) is 24.0 Å². The second kappa shape index (κ2) is 8.96. The molecule has 32 heavy (non-hydrogen) atoms. The third-order valence-corrected chi connectivity index (χ3v) is 6.66. The van der Waals surface area contributed by atoms with E-state index in [1.165, 1.54) is 23.5 Å². The van der Waals surface area contributed by atoms with Crippen LogP contribution in [0.5, 0.6) is 11.5 Å². The molecule has 0 spiro atoms. The number of piperidine rings is 1. The van der Waals surface area contributed by atoms with Crippen molar-refractivity contribution in [1.82, 2.24) is 4.98 Å². The number of thiazole rings is 1. The Hall–Kier alpha value is -3.45. The molecular formula is C25H22FN3O2S. The van der Waals surface area contributed by atoms with Crippen LogP contribution in [0.3, 0.4) is 0 Å². The van der Waals surface area contributed by atoms with Crippen LogP contribution < -0.4 is 15.0 Å². The smallest absolute Gasteiger partial charge is 0.227 e. The standard InChI is InChI=1S/C25H22FN3O2S/c26-18-6-11-22-23(16-18)32-25(28-22)29-14-12-17(13-15-29)24(30)27-19-7-9-21(10-8-19)31-20-4-2-1-3-5-20/h1-11,16-17H,12-15H2,(H,27,30). The van der Waals surface area contributed by atoms with Crippen LogP contribution in [0.25, 0.3) is 10.2 Å². The Kier molecular flexibility index (Phi) is 5.73. The fraction of sp³-hybridized carbons (Fsp3) is 0.200. The Bertz CT molecular complexity index is 1220. The summed E-state index contributed by atoms with van der Waals surface area (Å²) in [6, 6.07) is 21.6. The minimum Gasteiger partial charge on any atom is -0.457 e. The number of para-hydroxylation sites is 1. The molecular weight excluding hydrogens is 425 g/mol. The van der Waals surface area contributed by atoms with Gasteiger partial charge in [0, 0.05) is 24.7 Å². The molecule has 0 saturated carbocycles. The molecule has 0 atom stereocenters. The Morgan fingerprint density at radius 3 is 2.47 bits per heavy atom. The van der Waals surface area contributed by atoms with Gasteiger partial charge in [0.15, 0.2) is 5.13 Å². The number of hydrogen-bond acceptors (Lipinski definition) is 5. The monoisotopic (exact) mass is 447 g/mol. The van der Waals surface area contributed by atoms with Crippen LogP contribution >= 0.6 is 11.3 Å². The van der Waals surface area contributed by atoms with Crippen molar-refractivity contribution in [2.75, 3.05) is 23.3 Å². The number of carbonyl (C=O) groups excluding carboxylic acids is 1. The molecule has 3 aromatic carbocycles. The van der Waals surface area contributed by atoms with Crippen LogP contribution in [0.1, 0.15) is 12.8 Å². The Morgan fingerprint density at radius 2 is 1.72 bits per heavy atom. The first kappa shape index (κ1) is 20.5. The molecule has 0 bridgehead atoms. The predicted molar refractivity (Wildman–Crippen MR) is 126 cm³/mol. The van der Waals surface area contributed by atoms with E-state index in [0.717, 1.165) is 58.5 Å². The fourth-order valence-corrected chi connectivity index (χ4v) is 4.87. The summed E-state index contributed by atoms with van der Waals surface area (Å²) < 4.78 is 20.1. The van der Waals surface area contributed by atoms with Crippen LogP contribution in [-0.2, 0) is 4.79 Å². The third kappa shape index (κ3) is 4.57. The zero-order valence-corrected chi connectivity index (χ0v) is 18.1. The summed E-state index contributed by atoms with van der Waals surface area (Å²) in [6.45, 7) is 1.51. The van der Waals surface area contributed by atoms with Gasteiger partial charge in [-0.05, 0) is 67.4 Å². The molecule has 5 nitrogen and oxygen atoms in total. The predicted octanol–water partition coefficient (Wildman–Crippen LogP) is 6.08. The third-order valence-electron chi connectivity index (χ3n) is 5.58. The van der Waals surface area contributed by atoms with Gasteiger partial charge in [-0.3, -0.25) is 4.79 Å². The van der Waals surface area contributed by atoms with Crippen LogP contribution in [0.2, 0.25) is 0 Å². The van der Waals surface area contributed by atoms with Crippen LogP contribution in [0, 0.1) is 11.7 Å². The quantitative estimate of drug-likeness (QED) is 0.403. The molecule has 4 aromatic rings. The average molecular weight is 448 g/mol. The van der Waals surface area contributed by atoms with E-state index in [-0.39, 0.29) is 17.6 Å². The highest BCUT2D eigenvalue weighted by Crippen LogP contribution is 2.32. The van der Waals surface area contributed by atoms with E-state index in [0.29, 0.717) is 0 Å². The molecule has 1 fully saturated rings. The summed E-state index contributed by atoms with van der Waals surface area (Å²) in [4.78, 5) is 19.6. The first-order chi connectivity index (χ1) is 15.6. The second-order valence-electron chi connectivity index (χ2n) is 7.80. The summed E-state index contributed by atoms with van der Waals surface area (Å²) in [7, 11) is 0. The molecule has 5 rings (SSSR count). The van der Waals surface area contributed by atoms with Crippen molar-refractivity contribution in [1.29, 1.82) is 0 Å². The van der Waals surface area contributed by atoms with E-state index in [1.807, 2.05) is 54.6 Å². The lowest BCUT2D eigenvalue weighted by molar-refractivity contribution is -0.120. The summed E-state index contributed by atoms with van der Waals surface area (Å²) >= 11 is 1.49. The summed E-state index contributed by atoms with van der Waals surface area (Å²) in [5.74, 6) is 1.24. The van der Waals surface area contributed by atoms with Gasteiger partial charge in [0.2, 0.25) is 5.91 Å². The number of hydrogen-bond donors (Lipinski definition) is 1. The molecule has 1 N–H and O–H groups in total. The normalized spacial score (nSPS) is 14.5. The number of nitrogens with one attached hydrogen (secondary N) is 1. The molecule has 0 radical (unpaired) electrons. The number of carbonyl (C=O) groups is 1. The van der Waals surface area contributed by atoms with Crippen molar-refractivity contribution in [3.63, 3.8) is 0 Å². The number of aromatic nitrogens is 1. The molecule has 162 valence electrons. The van der Waals surface area contributed by atoms with Crippen molar-refractivity contribution in [2.45, 2.75) is 12.8 Å². The van der Waals surface area contributed by atoms with E-state index in [2.05, 4.69) is 15.2 Å². The molecule has 1 amide bonds. The number of amides is 1. The van der Waals surface area contributed by atoms with Crippen molar-refractivity contribution in [2.24, 2.45) is 5.92 Å². The lowest BCUT2D eigenvalue weighted by Gasteiger charge is -2.31. The number of benzene rings is 3. The first-order valence-corrected chi connectivity index (χ1v) is 11.4. The zero-order chi connectivity index (χ0) is 21.9. The Labute approximate surface area is 189 Å². The fourth-order valence-electron chi connectivity index (χ4n) is 3.83. The minimum absolute atomic E-state index is 0.0350. The average Bonchev–Trinajstić information content (AvgIpc) is 3.24. The summed E-state index contributed by atoms with van der Waals surface area (Å²) in [5.41, 5.74) is 1.57. The van der Waals surface area contributed by atoms with E-state index in [4.69, 9.17) is 4.74 Å². The highest BCUT2D eigenvalue weighted by atomic mass is 32.1. The maximum Gasteiger partial charge on any atom is 0.227 e. The lowest BCUT2D eigenvalue weighted by Crippen LogP contribution is -2.38. The van der Waals surface area contributed by atoms with E-state index in [9.17, 15) is 9.18 Å². The molecule has 0 aliphatic carbocycles. The second-order valence-corrected chi connectivity index (χ2v) is 8.81. The summed E-state index contributed by atoms with van der Waals surface area (Å²) in [6.07, 6.45) is 1.51. The summed E-state index contributed by atoms with van der Waals surface area (Å²) in [5, 5.41) is 3.90. The molecule has 1 saturated heterocycles. The zero-order valence-electron chi connectivity index (χ0n) is 17.3. The SMILES string of the molecule is O=C(Nc1ccc(Oc2ccccc2)cc1)C1CCN(c2nc3ccc(F)cc3s2)CC1. The first-order valence-electron chi connectivity index (χ1n) is 10.6. The number of anilines is 2. The van der Waals surface area contributed by atoms with E-state index >= 15 is 0 Å². The van der Waals surface area contributed by atoms with Gasteiger partial charge in [-0.2, -0.15) is 0 Å². The topological polar surface area (TPSA) is 54.5 Å². The number of fused-ring (bicyclic) bond motifs is 1. The largest absolute Gasteiger partial charge is 0.457 e. The van der Waals surface area contributed by atoms with E-state index in [1.54, 1.807) is 6.07 Å². The van der Waals surface area contributed by atoms with Crippen molar-refractivity contribution >= 4 is 38.3 Å². The van der Waals surface area contributed by atoms with Gasteiger partial charge in [0.25, 0.3) is 0 Å². The van der Waals surface area contributed by atoms with Crippen LogP contribution in [0.4, 0.5) is 15.2 Å². The van der Waals surface area contributed by atoms with Gasteiger partial charge >= 0.3 is 0 Å². The van der Waals surface area contributed by atoms with Gasteiger partial charge in [0.1, 0.15) is 17.3 Å².